The van der Waals surface area contributed by atoms with Crippen LogP contribution in [0, 0.1) is 0 Å². The molecule has 0 bridgehead atoms. The van der Waals surface area contributed by atoms with Crippen molar-refractivity contribution in [1.29, 1.82) is 0 Å². The molecule has 0 spiro atoms. The fourth-order valence-corrected chi connectivity index (χ4v) is 5.13. The van der Waals surface area contributed by atoms with Crippen LogP contribution in [-0.4, -0.2) is 50.5 Å². The Balaban J connectivity index is 2.20. The van der Waals surface area contributed by atoms with Crippen LogP contribution in [0.15, 0.2) is 48.5 Å². The van der Waals surface area contributed by atoms with Gasteiger partial charge in [0.15, 0.2) is 0 Å². The fraction of sp³-hybridized carbons (Fsp3) is 0.462. The van der Waals surface area contributed by atoms with E-state index in [4.69, 9.17) is 23.2 Å². The SMILES string of the molecule is CCCCNC(=O)[C@H](CC)N(Cc1ccccc1Cl)C(=O)CCCN(c1ccc(Cl)cc1)S(C)(=O)=O. The summed E-state index contributed by atoms with van der Waals surface area (Å²) in [5, 5.41) is 3.94. The summed E-state index contributed by atoms with van der Waals surface area (Å²) in [6.07, 6.45) is 3.72. The number of unbranched alkanes of at least 4 members (excludes halogenated alkanes) is 1. The molecule has 2 aromatic rings. The van der Waals surface area contributed by atoms with E-state index in [1.165, 1.54) is 4.31 Å². The molecule has 0 aliphatic rings. The van der Waals surface area contributed by atoms with Crippen LogP contribution in [-0.2, 0) is 26.2 Å². The minimum absolute atomic E-state index is 0.0722. The second kappa shape index (κ2) is 14.4. The minimum atomic E-state index is -3.57. The summed E-state index contributed by atoms with van der Waals surface area (Å²) in [4.78, 5) is 27.9. The average molecular weight is 557 g/mol. The van der Waals surface area contributed by atoms with E-state index in [9.17, 15) is 18.0 Å². The third-order valence-corrected chi connectivity index (χ3v) is 7.60. The molecule has 36 heavy (non-hydrogen) atoms. The highest BCUT2D eigenvalue weighted by atomic mass is 35.5. The number of halogens is 2. The highest BCUT2D eigenvalue weighted by Crippen LogP contribution is 2.23. The molecule has 1 atom stereocenters. The highest BCUT2D eigenvalue weighted by Gasteiger charge is 2.29. The summed E-state index contributed by atoms with van der Waals surface area (Å²) >= 11 is 12.3. The zero-order valence-electron chi connectivity index (χ0n) is 21.0. The molecule has 0 saturated carbocycles. The molecule has 2 amide bonds. The molecule has 0 saturated heterocycles. The Morgan fingerprint density at radius 2 is 1.67 bits per heavy atom. The Morgan fingerprint density at radius 3 is 2.25 bits per heavy atom. The Labute approximate surface area is 224 Å². The van der Waals surface area contributed by atoms with Crippen LogP contribution in [0.3, 0.4) is 0 Å². The molecule has 10 heteroatoms. The molecule has 0 aliphatic carbocycles. The van der Waals surface area contributed by atoms with Crippen LogP contribution in [0.2, 0.25) is 10.0 Å². The lowest BCUT2D eigenvalue weighted by Crippen LogP contribution is -2.49. The van der Waals surface area contributed by atoms with Gasteiger partial charge < -0.3 is 10.2 Å². The number of rotatable bonds is 14. The lowest BCUT2D eigenvalue weighted by atomic mass is 10.1. The van der Waals surface area contributed by atoms with Crippen LogP contribution in [0.1, 0.15) is 51.5 Å². The summed E-state index contributed by atoms with van der Waals surface area (Å²) in [7, 11) is -3.57. The summed E-state index contributed by atoms with van der Waals surface area (Å²) in [5.41, 5.74) is 1.22. The minimum Gasteiger partial charge on any atom is -0.354 e. The van der Waals surface area contributed by atoms with E-state index in [1.54, 1.807) is 35.2 Å². The van der Waals surface area contributed by atoms with Crippen LogP contribution in [0.25, 0.3) is 0 Å². The molecule has 0 heterocycles. The Bertz CT molecular complexity index is 1110. The standard InChI is InChI=1S/C26H35Cl2N3O4S/c1-4-6-17-29-26(33)24(5-2)30(19-20-10-7-8-11-23(20)28)25(32)12-9-18-31(36(3,34)35)22-15-13-21(27)14-16-22/h7-8,10-11,13-16,24H,4-6,9,12,17-19H2,1-3H3,(H,29,33)/t24-/m0/s1. The first kappa shape index (κ1) is 29.9. The predicted molar refractivity (Wildman–Crippen MR) is 147 cm³/mol. The third kappa shape index (κ3) is 8.98. The van der Waals surface area contributed by atoms with Gasteiger partial charge in [-0.15, -0.1) is 0 Å². The maximum absolute atomic E-state index is 13.4. The van der Waals surface area contributed by atoms with Crippen molar-refractivity contribution in [3.8, 4) is 0 Å². The summed E-state index contributed by atoms with van der Waals surface area (Å²) < 4.78 is 26.1. The number of nitrogens with zero attached hydrogens (tertiary/aromatic N) is 2. The molecule has 2 rings (SSSR count). The summed E-state index contributed by atoms with van der Waals surface area (Å²) in [5.74, 6) is -0.442. The van der Waals surface area contributed by atoms with Gasteiger partial charge in [0.25, 0.3) is 0 Å². The van der Waals surface area contributed by atoms with Gasteiger partial charge in [0.2, 0.25) is 21.8 Å². The van der Waals surface area contributed by atoms with Crippen molar-refractivity contribution in [2.75, 3.05) is 23.7 Å². The van der Waals surface area contributed by atoms with Crippen molar-refractivity contribution in [3.63, 3.8) is 0 Å². The predicted octanol–water partition coefficient (Wildman–Crippen LogP) is 5.26. The quantitative estimate of drug-likeness (QED) is 0.322. The van der Waals surface area contributed by atoms with E-state index in [2.05, 4.69) is 5.32 Å². The Morgan fingerprint density at radius 1 is 1.00 bits per heavy atom. The molecule has 0 fully saturated rings. The van der Waals surface area contributed by atoms with Crippen LogP contribution < -0.4 is 9.62 Å². The second-order valence-electron chi connectivity index (χ2n) is 8.60. The molecular formula is C26H35Cl2N3O4S. The van der Waals surface area contributed by atoms with Crippen molar-refractivity contribution in [1.82, 2.24) is 10.2 Å². The van der Waals surface area contributed by atoms with Crippen LogP contribution >= 0.6 is 23.2 Å². The van der Waals surface area contributed by atoms with E-state index < -0.39 is 16.1 Å². The number of nitrogens with one attached hydrogen (secondary N) is 1. The Kier molecular flexibility index (Phi) is 12.0. The number of hydrogen-bond donors (Lipinski definition) is 1. The van der Waals surface area contributed by atoms with Crippen LogP contribution in [0.5, 0.6) is 0 Å². The number of hydrogen-bond acceptors (Lipinski definition) is 4. The molecular weight excluding hydrogens is 521 g/mol. The molecule has 0 aliphatic heterocycles. The van der Waals surface area contributed by atoms with E-state index in [1.807, 2.05) is 32.0 Å². The van der Waals surface area contributed by atoms with Crippen molar-refractivity contribution in [2.45, 2.75) is 58.5 Å². The summed E-state index contributed by atoms with van der Waals surface area (Å²) in [6.45, 7) is 4.75. The van der Waals surface area contributed by atoms with E-state index in [0.717, 1.165) is 24.7 Å². The topological polar surface area (TPSA) is 86.8 Å². The Hall–Kier alpha value is -2.29. The number of benzene rings is 2. The number of carbonyl (C=O) groups excluding carboxylic acids is 2. The smallest absolute Gasteiger partial charge is 0.242 e. The second-order valence-corrected chi connectivity index (χ2v) is 11.3. The third-order valence-electron chi connectivity index (χ3n) is 5.78. The molecule has 7 nitrogen and oxygen atoms in total. The monoisotopic (exact) mass is 555 g/mol. The lowest BCUT2D eigenvalue weighted by molar-refractivity contribution is -0.141. The fourth-order valence-electron chi connectivity index (χ4n) is 3.85. The van der Waals surface area contributed by atoms with Crippen LogP contribution in [0.4, 0.5) is 5.69 Å². The normalized spacial score (nSPS) is 12.1. The van der Waals surface area contributed by atoms with Gasteiger partial charge in [-0.3, -0.25) is 13.9 Å². The molecule has 0 unspecified atom stereocenters. The lowest BCUT2D eigenvalue weighted by Gasteiger charge is -2.31. The van der Waals surface area contributed by atoms with E-state index in [0.29, 0.717) is 28.7 Å². The highest BCUT2D eigenvalue weighted by molar-refractivity contribution is 7.92. The van der Waals surface area contributed by atoms with Gasteiger partial charge in [0.1, 0.15) is 6.04 Å². The van der Waals surface area contributed by atoms with Crippen molar-refractivity contribution >= 4 is 50.7 Å². The molecule has 0 radical (unpaired) electrons. The maximum atomic E-state index is 13.4. The summed E-state index contributed by atoms with van der Waals surface area (Å²) in [6, 6.07) is 13.1. The van der Waals surface area contributed by atoms with Gasteiger partial charge in [0.05, 0.1) is 11.9 Å². The number of amides is 2. The van der Waals surface area contributed by atoms with Gasteiger partial charge in [-0.05, 0) is 55.2 Å². The van der Waals surface area contributed by atoms with Gasteiger partial charge in [0, 0.05) is 36.1 Å². The van der Waals surface area contributed by atoms with E-state index in [-0.39, 0.29) is 37.7 Å². The average Bonchev–Trinajstić information content (AvgIpc) is 2.83. The first-order valence-corrected chi connectivity index (χ1v) is 14.7. The van der Waals surface area contributed by atoms with Crippen molar-refractivity contribution in [2.24, 2.45) is 0 Å². The van der Waals surface area contributed by atoms with Crippen molar-refractivity contribution in [3.05, 3.63) is 64.1 Å². The van der Waals surface area contributed by atoms with Gasteiger partial charge >= 0.3 is 0 Å². The molecule has 0 aromatic heterocycles. The molecule has 2 aromatic carbocycles. The number of carbonyl (C=O) groups is 2. The number of anilines is 1. The van der Waals surface area contributed by atoms with Gasteiger partial charge in [-0.1, -0.05) is 61.7 Å². The maximum Gasteiger partial charge on any atom is 0.242 e. The van der Waals surface area contributed by atoms with Gasteiger partial charge in [-0.2, -0.15) is 0 Å². The zero-order valence-corrected chi connectivity index (χ0v) is 23.4. The largest absolute Gasteiger partial charge is 0.354 e. The van der Waals surface area contributed by atoms with Crippen molar-refractivity contribution < 1.29 is 18.0 Å². The molecule has 198 valence electrons. The van der Waals surface area contributed by atoms with Gasteiger partial charge in [-0.25, -0.2) is 8.42 Å². The zero-order chi connectivity index (χ0) is 26.7. The molecule has 1 N–H and O–H groups in total. The first-order chi connectivity index (χ1) is 17.1. The van der Waals surface area contributed by atoms with E-state index >= 15 is 0 Å². The first-order valence-electron chi connectivity index (χ1n) is 12.1. The number of sulfonamides is 1.